The summed E-state index contributed by atoms with van der Waals surface area (Å²) < 4.78 is 10.7. The Morgan fingerprint density at radius 1 is 1.43 bits per heavy atom. The van der Waals surface area contributed by atoms with Gasteiger partial charge in [0.25, 0.3) is 0 Å². The Hall–Kier alpha value is -1.48. The van der Waals surface area contributed by atoms with Crippen LogP contribution in [0.2, 0.25) is 0 Å². The number of furan rings is 1. The number of aliphatic hydroxyl groups excluding tert-OH is 1. The minimum absolute atomic E-state index is 0.0993. The van der Waals surface area contributed by atoms with Crippen molar-refractivity contribution in [3.63, 3.8) is 0 Å². The number of para-hydroxylation sites is 1. The number of hydrogen-bond acceptors (Lipinski definition) is 3. The number of fused-ring (bicyclic) bond motifs is 1. The van der Waals surface area contributed by atoms with E-state index in [1.54, 1.807) is 7.11 Å². The molecule has 0 aliphatic carbocycles. The van der Waals surface area contributed by atoms with Crippen molar-refractivity contribution in [2.45, 2.75) is 6.42 Å². The van der Waals surface area contributed by atoms with E-state index in [1.165, 1.54) is 0 Å². The number of aliphatic hydroxyl groups is 1. The van der Waals surface area contributed by atoms with Gasteiger partial charge in [0.05, 0.1) is 13.7 Å². The van der Waals surface area contributed by atoms with Gasteiger partial charge in [0.2, 0.25) is 0 Å². The van der Waals surface area contributed by atoms with E-state index in [2.05, 4.69) is 0 Å². The first-order chi connectivity index (χ1) is 6.85. The average molecular weight is 192 g/mol. The summed E-state index contributed by atoms with van der Waals surface area (Å²) in [4.78, 5) is 0. The van der Waals surface area contributed by atoms with Gasteiger partial charge in [0.1, 0.15) is 5.76 Å². The zero-order valence-electron chi connectivity index (χ0n) is 7.99. The van der Waals surface area contributed by atoms with Crippen LogP contribution >= 0.6 is 0 Å². The van der Waals surface area contributed by atoms with Crippen LogP contribution in [-0.2, 0) is 6.42 Å². The van der Waals surface area contributed by atoms with E-state index in [1.807, 2.05) is 24.3 Å². The Bertz CT molecular complexity index is 431. The molecule has 0 saturated heterocycles. The topological polar surface area (TPSA) is 42.6 Å². The van der Waals surface area contributed by atoms with Gasteiger partial charge >= 0.3 is 0 Å². The minimum atomic E-state index is 0.0993. The molecule has 1 N–H and O–H groups in total. The summed E-state index contributed by atoms with van der Waals surface area (Å²) in [5.74, 6) is 1.51. The smallest absolute Gasteiger partial charge is 0.176 e. The molecule has 0 unspecified atom stereocenters. The number of ether oxygens (including phenoxy) is 1. The van der Waals surface area contributed by atoms with Crippen molar-refractivity contribution >= 4 is 11.0 Å². The van der Waals surface area contributed by atoms with Gasteiger partial charge in [-0.15, -0.1) is 0 Å². The Morgan fingerprint density at radius 3 is 3.00 bits per heavy atom. The Balaban J connectivity index is 2.52. The number of rotatable bonds is 3. The molecule has 0 atom stereocenters. The average Bonchev–Trinajstić information content (AvgIpc) is 2.60. The zero-order chi connectivity index (χ0) is 9.97. The molecule has 0 bridgehead atoms. The van der Waals surface area contributed by atoms with Crippen LogP contribution in [0.3, 0.4) is 0 Å². The third-order valence-corrected chi connectivity index (χ3v) is 2.14. The number of benzene rings is 1. The van der Waals surface area contributed by atoms with Crippen LogP contribution in [0.15, 0.2) is 28.7 Å². The Labute approximate surface area is 81.9 Å². The predicted molar refractivity (Wildman–Crippen MR) is 53.6 cm³/mol. The Kier molecular flexibility index (Phi) is 2.41. The number of hydrogen-bond donors (Lipinski definition) is 1. The summed E-state index contributed by atoms with van der Waals surface area (Å²) in [7, 11) is 1.61. The van der Waals surface area contributed by atoms with Crippen LogP contribution < -0.4 is 4.74 Å². The molecule has 3 heteroatoms. The van der Waals surface area contributed by atoms with Crippen LogP contribution in [0.5, 0.6) is 5.75 Å². The summed E-state index contributed by atoms with van der Waals surface area (Å²) in [6, 6.07) is 7.66. The second-order valence-corrected chi connectivity index (χ2v) is 3.06. The van der Waals surface area contributed by atoms with Crippen molar-refractivity contribution in [3.05, 3.63) is 30.0 Å². The van der Waals surface area contributed by atoms with Gasteiger partial charge in [-0.05, 0) is 12.1 Å². The maximum atomic E-state index is 8.78. The monoisotopic (exact) mass is 192 g/mol. The van der Waals surface area contributed by atoms with Crippen LogP contribution in [0.1, 0.15) is 5.76 Å². The molecule has 14 heavy (non-hydrogen) atoms. The van der Waals surface area contributed by atoms with E-state index in [4.69, 9.17) is 14.3 Å². The van der Waals surface area contributed by atoms with E-state index < -0.39 is 0 Å². The molecule has 1 aromatic carbocycles. The van der Waals surface area contributed by atoms with Crippen LogP contribution in [0, 0.1) is 0 Å². The highest BCUT2D eigenvalue weighted by Crippen LogP contribution is 2.28. The molecule has 0 fully saturated rings. The molecular weight excluding hydrogens is 180 g/mol. The molecule has 1 heterocycles. The van der Waals surface area contributed by atoms with Crippen LogP contribution in [-0.4, -0.2) is 18.8 Å². The quantitative estimate of drug-likeness (QED) is 0.808. The first-order valence-corrected chi connectivity index (χ1v) is 4.51. The van der Waals surface area contributed by atoms with Crippen molar-refractivity contribution in [3.8, 4) is 5.75 Å². The molecule has 0 saturated carbocycles. The van der Waals surface area contributed by atoms with Gasteiger partial charge in [-0.2, -0.15) is 0 Å². The molecule has 0 aliphatic heterocycles. The molecule has 1 aromatic heterocycles. The van der Waals surface area contributed by atoms with Crippen LogP contribution in [0.25, 0.3) is 11.0 Å². The number of methoxy groups -OCH3 is 1. The fraction of sp³-hybridized carbons (Fsp3) is 0.273. The van der Waals surface area contributed by atoms with Crippen molar-refractivity contribution in [2.24, 2.45) is 0 Å². The highest BCUT2D eigenvalue weighted by Gasteiger charge is 2.07. The van der Waals surface area contributed by atoms with E-state index in [-0.39, 0.29) is 6.61 Å². The lowest BCUT2D eigenvalue weighted by molar-refractivity contribution is 0.289. The van der Waals surface area contributed by atoms with Crippen molar-refractivity contribution in [2.75, 3.05) is 13.7 Å². The Morgan fingerprint density at radius 2 is 2.29 bits per heavy atom. The molecule has 2 rings (SSSR count). The van der Waals surface area contributed by atoms with Gasteiger partial charge in [-0.1, -0.05) is 12.1 Å². The summed E-state index contributed by atoms with van der Waals surface area (Å²) >= 11 is 0. The first-order valence-electron chi connectivity index (χ1n) is 4.51. The second kappa shape index (κ2) is 3.72. The van der Waals surface area contributed by atoms with Crippen molar-refractivity contribution in [1.82, 2.24) is 0 Å². The fourth-order valence-electron chi connectivity index (χ4n) is 1.48. The lowest BCUT2D eigenvalue weighted by Gasteiger charge is -1.98. The van der Waals surface area contributed by atoms with Crippen LogP contribution in [0.4, 0.5) is 0 Å². The normalized spacial score (nSPS) is 10.7. The molecular formula is C11H12O3. The van der Waals surface area contributed by atoms with Gasteiger partial charge in [0.15, 0.2) is 11.3 Å². The molecule has 0 amide bonds. The summed E-state index contributed by atoms with van der Waals surface area (Å²) in [5.41, 5.74) is 0.749. The van der Waals surface area contributed by atoms with Gasteiger partial charge in [-0.3, -0.25) is 0 Å². The third-order valence-electron chi connectivity index (χ3n) is 2.14. The molecule has 74 valence electrons. The summed E-state index contributed by atoms with van der Waals surface area (Å²) in [6.45, 7) is 0.0993. The first kappa shape index (κ1) is 9.09. The highest BCUT2D eigenvalue weighted by molar-refractivity contribution is 5.83. The standard InChI is InChI=1S/C11H12O3/c1-13-10-4-2-3-8-7-9(5-6-12)14-11(8)10/h2-4,7,12H,5-6H2,1H3. The zero-order valence-corrected chi connectivity index (χ0v) is 7.99. The summed E-state index contributed by atoms with van der Waals surface area (Å²) in [6.07, 6.45) is 0.540. The maximum absolute atomic E-state index is 8.78. The molecule has 0 spiro atoms. The van der Waals surface area contributed by atoms with Crippen molar-refractivity contribution < 1.29 is 14.3 Å². The van der Waals surface area contributed by atoms with Gasteiger partial charge < -0.3 is 14.3 Å². The highest BCUT2D eigenvalue weighted by atomic mass is 16.5. The molecule has 0 radical (unpaired) electrons. The largest absolute Gasteiger partial charge is 0.493 e. The molecule has 0 aliphatic rings. The predicted octanol–water partition coefficient (Wildman–Crippen LogP) is 1.98. The van der Waals surface area contributed by atoms with E-state index in [9.17, 15) is 0 Å². The van der Waals surface area contributed by atoms with Gasteiger partial charge in [-0.25, -0.2) is 0 Å². The van der Waals surface area contributed by atoms with E-state index in [0.29, 0.717) is 6.42 Å². The summed E-state index contributed by atoms with van der Waals surface area (Å²) in [5, 5.41) is 9.79. The fourth-order valence-corrected chi connectivity index (χ4v) is 1.48. The SMILES string of the molecule is COc1cccc2cc(CCO)oc12. The van der Waals surface area contributed by atoms with E-state index >= 15 is 0 Å². The minimum Gasteiger partial charge on any atom is -0.493 e. The van der Waals surface area contributed by atoms with E-state index in [0.717, 1.165) is 22.5 Å². The van der Waals surface area contributed by atoms with Crippen molar-refractivity contribution in [1.29, 1.82) is 0 Å². The second-order valence-electron chi connectivity index (χ2n) is 3.06. The molecule has 2 aromatic rings. The van der Waals surface area contributed by atoms with Gasteiger partial charge in [0, 0.05) is 11.8 Å². The third kappa shape index (κ3) is 1.46. The maximum Gasteiger partial charge on any atom is 0.176 e. The lowest BCUT2D eigenvalue weighted by Crippen LogP contribution is -1.86. The lowest BCUT2D eigenvalue weighted by atomic mass is 10.2. The molecule has 3 nitrogen and oxygen atoms in total.